The molecule has 29 heavy (non-hydrogen) atoms. The minimum atomic E-state index is -0.00752. The first-order valence-electron chi connectivity index (χ1n) is 9.52. The minimum Gasteiger partial charge on any atom is -0.352 e. The molecular formula is C22H22N6O. The molecule has 4 rings (SSSR count). The molecule has 0 atom stereocenters. The van der Waals surface area contributed by atoms with Gasteiger partial charge in [0.1, 0.15) is 12.2 Å². The Labute approximate surface area is 168 Å². The fourth-order valence-electron chi connectivity index (χ4n) is 3.20. The number of aromatic nitrogens is 5. The lowest BCUT2D eigenvalue weighted by Crippen LogP contribution is -2.23. The highest BCUT2D eigenvalue weighted by atomic mass is 16.1. The fourth-order valence-corrected chi connectivity index (χ4v) is 3.20. The van der Waals surface area contributed by atoms with Gasteiger partial charge < -0.3 is 9.88 Å². The van der Waals surface area contributed by atoms with E-state index in [9.17, 15) is 4.79 Å². The Hall–Kier alpha value is -3.74. The number of H-pyrrole nitrogens is 1. The second-order valence-corrected chi connectivity index (χ2v) is 6.80. The van der Waals surface area contributed by atoms with Crippen LogP contribution in [0.4, 0.5) is 0 Å². The summed E-state index contributed by atoms with van der Waals surface area (Å²) in [5.41, 5.74) is 4.55. The predicted molar refractivity (Wildman–Crippen MR) is 110 cm³/mol. The molecule has 0 unspecified atom stereocenters. The standard InChI is InChI=1S/C22H22N6O/c29-22(10-9-21-25-15-26-27-21)24-13-19-3-1-2-4-20(19)18-7-5-17(6-8-18)14-28-12-11-23-16-28/h1-8,11-12,15-16H,9-10,13-14H2,(H,24,29)(H,25,26,27). The molecule has 0 fully saturated rings. The number of imidazole rings is 1. The van der Waals surface area contributed by atoms with Gasteiger partial charge in [0.25, 0.3) is 0 Å². The zero-order chi connectivity index (χ0) is 19.9. The second kappa shape index (κ2) is 8.97. The van der Waals surface area contributed by atoms with Gasteiger partial charge in [0.15, 0.2) is 0 Å². The van der Waals surface area contributed by atoms with Gasteiger partial charge in [-0.25, -0.2) is 9.97 Å². The Morgan fingerprint density at radius 3 is 2.72 bits per heavy atom. The van der Waals surface area contributed by atoms with Gasteiger partial charge >= 0.3 is 0 Å². The monoisotopic (exact) mass is 386 g/mol. The largest absolute Gasteiger partial charge is 0.352 e. The zero-order valence-corrected chi connectivity index (χ0v) is 16.0. The van der Waals surface area contributed by atoms with Crippen molar-refractivity contribution in [1.82, 2.24) is 30.0 Å². The predicted octanol–water partition coefficient (Wildman–Crippen LogP) is 2.97. The quantitative estimate of drug-likeness (QED) is 0.487. The van der Waals surface area contributed by atoms with Crippen LogP contribution in [0.5, 0.6) is 0 Å². The first-order valence-corrected chi connectivity index (χ1v) is 9.52. The van der Waals surface area contributed by atoms with Crippen molar-refractivity contribution >= 4 is 5.91 Å². The maximum atomic E-state index is 12.2. The van der Waals surface area contributed by atoms with Crippen molar-refractivity contribution in [1.29, 1.82) is 0 Å². The van der Waals surface area contributed by atoms with Crippen molar-refractivity contribution in [2.24, 2.45) is 0 Å². The first-order chi connectivity index (χ1) is 14.3. The molecule has 0 saturated carbocycles. The third-order valence-corrected chi connectivity index (χ3v) is 4.74. The summed E-state index contributed by atoms with van der Waals surface area (Å²) in [5.74, 6) is 0.711. The number of carbonyl (C=O) groups excluding carboxylic acids is 1. The number of hydrogen-bond donors (Lipinski definition) is 2. The van der Waals surface area contributed by atoms with Gasteiger partial charge in [0.05, 0.1) is 6.33 Å². The lowest BCUT2D eigenvalue weighted by Gasteiger charge is -2.12. The highest BCUT2D eigenvalue weighted by molar-refractivity contribution is 5.76. The van der Waals surface area contributed by atoms with E-state index in [4.69, 9.17) is 0 Å². The molecule has 7 heteroatoms. The average Bonchev–Trinajstić information content (AvgIpc) is 3.46. The Kier molecular flexibility index (Phi) is 5.76. The maximum Gasteiger partial charge on any atom is 0.220 e. The molecule has 2 aromatic carbocycles. The van der Waals surface area contributed by atoms with Gasteiger partial charge in [0.2, 0.25) is 5.91 Å². The molecule has 0 radical (unpaired) electrons. The van der Waals surface area contributed by atoms with Crippen LogP contribution in [0.15, 0.2) is 73.6 Å². The summed E-state index contributed by atoms with van der Waals surface area (Å²) in [6.07, 6.45) is 7.92. The third kappa shape index (κ3) is 4.95. The maximum absolute atomic E-state index is 12.2. The number of nitrogens with zero attached hydrogens (tertiary/aromatic N) is 4. The number of hydrogen-bond acceptors (Lipinski definition) is 4. The molecule has 0 spiro atoms. The van der Waals surface area contributed by atoms with Crippen molar-refractivity contribution < 1.29 is 4.79 Å². The Morgan fingerprint density at radius 1 is 1.10 bits per heavy atom. The highest BCUT2D eigenvalue weighted by Crippen LogP contribution is 2.24. The molecule has 0 aliphatic rings. The molecule has 2 aromatic heterocycles. The molecule has 2 heterocycles. The van der Waals surface area contributed by atoms with E-state index in [1.165, 1.54) is 11.9 Å². The van der Waals surface area contributed by atoms with Gasteiger partial charge in [-0.05, 0) is 22.3 Å². The third-order valence-electron chi connectivity index (χ3n) is 4.74. The van der Waals surface area contributed by atoms with E-state index in [1.807, 2.05) is 35.3 Å². The van der Waals surface area contributed by atoms with Crippen molar-refractivity contribution in [3.63, 3.8) is 0 Å². The van der Waals surface area contributed by atoms with Crippen LogP contribution in [0, 0.1) is 0 Å². The number of aryl methyl sites for hydroxylation is 1. The number of rotatable bonds is 8. The van der Waals surface area contributed by atoms with Gasteiger partial charge in [-0.2, -0.15) is 5.10 Å². The van der Waals surface area contributed by atoms with E-state index in [2.05, 4.69) is 55.8 Å². The molecule has 146 valence electrons. The molecule has 2 N–H and O–H groups in total. The van der Waals surface area contributed by atoms with Crippen LogP contribution in [0.2, 0.25) is 0 Å². The molecule has 7 nitrogen and oxygen atoms in total. The fraction of sp³-hybridized carbons (Fsp3) is 0.182. The van der Waals surface area contributed by atoms with Crippen LogP contribution >= 0.6 is 0 Å². The average molecular weight is 386 g/mol. The molecule has 4 aromatic rings. The molecule has 0 saturated heterocycles. The van der Waals surface area contributed by atoms with Crippen LogP contribution in [-0.4, -0.2) is 30.6 Å². The molecule has 0 aliphatic heterocycles. The molecule has 0 aliphatic carbocycles. The van der Waals surface area contributed by atoms with Crippen LogP contribution in [0.25, 0.3) is 11.1 Å². The number of amides is 1. The summed E-state index contributed by atoms with van der Waals surface area (Å²) >= 11 is 0. The number of carbonyl (C=O) groups is 1. The Bertz CT molecular complexity index is 1040. The summed E-state index contributed by atoms with van der Waals surface area (Å²) in [7, 11) is 0. The van der Waals surface area contributed by atoms with Gasteiger partial charge in [0, 0.05) is 38.3 Å². The van der Waals surface area contributed by atoms with Crippen LogP contribution in [-0.2, 0) is 24.3 Å². The summed E-state index contributed by atoms with van der Waals surface area (Å²) in [5, 5.41) is 9.56. The van der Waals surface area contributed by atoms with E-state index in [1.54, 1.807) is 6.20 Å². The summed E-state index contributed by atoms with van der Waals surface area (Å²) in [4.78, 5) is 20.3. The van der Waals surface area contributed by atoms with E-state index in [-0.39, 0.29) is 5.91 Å². The second-order valence-electron chi connectivity index (χ2n) is 6.80. The SMILES string of the molecule is O=C(CCc1ncn[nH]1)NCc1ccccc1-c1ccc(Cn2ccnc2)cc1. The highest BCUT2D eigenvalue weighted by Gasteiger charge is 2.08. The number of aromatic amines is 1. The molecule has 0 bridgehead atoms. The molecule has 1 amide bonds. The molecular weight excluding hydrogens is 364 g/mol. The van der Waals surface area contributed by atoms with Crippen molar-refractivity contribution in [2.45, 2.75) is 25.9 Å². The van der Waals surface area contributed by atoms with E-state index < -0.39 is 0 Å². The van der Waals surface area contributed by atoms with E-state index in [0.717, 1.165) is 29.1 Å². The van der Waals surface area contributed by atoms with Gasteiger partial charge in [-0.1, -0.05) is 48.5 Å². The van der Waals surface area contributed by atoms with E-state index in [0.29, 0.717) is 19.4 Å². The zero-order valence-electron chi connectivity index (χ0n) is 16.0. The number of benzene rings is 2. The van der Waals surface area contributed by atoms with Crippen molar-refractivity contribution in [2.75, 3.05) is 0 Å². The first kappa shape index (κ1) is 18.6. The number of nitrogens with one attached hydrogen (secondary N) is 2. The van der Waals surface area contributed by atoms with Crippen LogP contribution in [0.3, 0.4) is 0 Å². The van der Waals surface area contributed by atoms with E-state index >= 15 is 0 Å². The Morgan fingerprint density at radius 2 is 1.97 bits per heavy atom. The topological polar surface area (TPSA) is 88.5 Å². The minimum absolute atomic E-state index is 0.00752. The van der Waals surface area contributed by atoms with Crippen molar-refractivity contribution in [3.8, 4) is 11.1 Å². The summed E-state index contributed by atoms with van der Waals surface area (Å²) in [6.45, 7) is 1.28. The lowest BCUT2D eigenvalue weighted by molar-refractivity contribution is -0.121. The van der Waals surface area contributed by atoms with Crippen molar-refractivity contribution in [3.05, 3.63) is 90.5 Å². The van der Waals surface area contributed by atoms with Crippen LogP contribution in [0.1, 0.15) is 23.4 Å². The van der Waals surface area contributed by atoms with Crippen LogP contribution < -0.4 is 5.32 Å². The van der Waals surface area contributed by atoms with Gasteiger partial charge in [-0.15, -0.1) is 0 Å². The lowest BCUT2D eigenvalue weighted by atomic mass is 9.98. The smallest absolute Gasteiger partial charge is 0.220 e. The summed E-state index contributed by atoms with van der Waals surface area (Å²) < 4.78 is 2.04. The Balaban J connectivity index is 1.39. The van der Waals surface area contributed by atoms with Gasteiger partial charge in [-0.3, -0.25) is 9.89 Å². The summed E-state index contributed by atoms with van der Waals surface area (Å²) in [6, 6.07) is 16.6. The normalized spacial score (nSPS) is 10.8.